The quantitative estimate of drug-likeness (QED) is 0.553. The molecule has 1 heteroatoms. The molecule has 0 saturated heterocycles. The van der Waals surface area contributed by atoms with Crippen molar-refractivity contribution in [2.75, 3.05) is 11.4 Å². The zero-order valence-corrected chi connectivity index (χ0v) is 14.0. The summed E-state index contributed by atoms with van der Waals surface area (Å²) in [5.74, 6) is 0. The van der Waals surface area contributed by atoms with E-state index >= 15 is 0 Å². The molecule has 1 rings (SSSR count). The van der Waals surface area contributed by atoms with E-state index in [2.05, 4.69) is 64.3 Å². The number of aryl methyl sites for hydroxylation is 2. The minimum atomic E-state index is 0.629. The van der Waals surface area contributed by atoms with Gasteiger partial charge in [0.15, 0.2) is 0 Å². The number of benzene rings is 1. The summed E-state index contributed by atoms with van der Waals surface area (Å²) in [5.41, 5.74) is 5.33. The van der Waals surface area contributed by atoms with Gasteiger partial charge in [0.25, 0.3) is 0 Å². The number of rotatable bonds is 8. The minimum Gasteiger partial charge on any atom is -0.365 e. The first-order valence-corrected chi connectivity index (χ1v) is 7.97. The molecule has 0 heterocycles. The predicted molar refractivity (Wildman–Crippen MR) is 91.7 cm³/mol. The number of nitrogens with zero attached hydrogens (tertiary/aromatic N) is 1. The highest BCUT2D eigenvalue weighted by molar-refractivity contribution is 5.52. The molecule has 0 bridgehead atoms. The summed E-state index contributed by atoms with van der Waals surface area (Å²) in [5, 5.41) is 0. The fourth-order valence-electron chi connectivity index (χ4n) is 2.75. The lowest BCUT2D eigenvalue weighted by atomic mass is 10.0. The Bertz CT molecular complexity index is 427. The standard InChI is InChI=1S/C19H31N/c1-7-9-18(10-8-2)20(14-15(3)4)19-12-11-16(5)17(6)13-19/h11-13,18H,3,7-10,14H2,1-2,4-6H3. The molecule has 1 nitrogen and oxygen atoms in total. The van der Waals surface area contributed by atoms with Crippen molar-refractivity contribution in [1.82, 2.24) is 0 Å². The molecule has 20 heavy (non-hydrogen) atoms. The first-order chi connectivity index (χ1) is 9.49. The number of hydrogen-bond acceptors (Lipinski definition) is 1. The molecule has 0 radical (unpaired) electrons. The van der Waals surface area contributed by atoms with E-state index in [4.69, 9.17) is 0 Å². The van der Waals surface area contributed by atoms with Crippen molar-refractivity contribution in [2.24, 2.45) is 0 Å². The van der Waals surface area contributed by atoms with Gasteiger partial charge >= 0.3 is 0 Å². The molecule has 0 spiro atoms. The molecule has 0 saturated carbocycles. The van der Waals surface area contributed by atoms with Crippen molar-refractivity contribution in [3.63, 3.8) is 0 Å². The van der Waals surface area contributed by atoms with Gasteiger partial charge in [0.1, 0.15) is 0 Å². The van der Waals surface area contributed by atoms with Gasteiger partial charge in [0.2, 0.25) is 0 Å². The highest BCUT2D eigenvalue weighted by Gasteiger charge is 2.18. The molecule has 0 atom stereocenters. The summed E-state index contributed by atoms with van der Waals surface area (Å²) in [6, 6.07) is 7.47. The molecule has 0 N–H and O–H groups in total. The van der Waals surface area contributed by atoms with Gasteiger partial charge in [-0.15, -0.1) is 0 Å². The van der Waals surface area contributed by atoms with Crippen LogP contribution in [0.2, 0.25) is 0 Å². The molecule has 0 unspecified atom stereocenters. The van der Waals surface area contributed by atoms with Gasteiger partial charge in [-0.2, -0.15) is 0 Å². The second-order valence-electron chi connectivity index (χ2n) is 6.08. The van der Waals surface area contributed by atoms with E-state index in [-0.39, 0.29) is 0 Å². The summed E-state index contributed by atoms with van der Waals surface area (Å²) < 4.78 is 0. The normalized spacial score (nSPS) is 10.9. The molecule has 1 aromatic rings. The molecule has 0 aliphatic heterocycles. The van der Waals surface area contributed by atoms with Crippen LogP contribution in [0.3, 0.4) is 0 Å². The number of hydrogen-bond donors (Lipinski definition) is 0. The van der Waals surface area contributed by atoms with Crippen molar-refractivity contribution in [1.29, 1.82) is 0 Å². The molecule has 0 aromatic heterocycles. The Morgan fingerprint density at radius 1 is 1.10 bits per heavy atom. The maximum atomic E-state index is 4.12. The average Bonchev–Trinajstić information content (AvgIpc) is 2.39. The molecule has 0 aliphatic carbocycles. The van der Waals surface area contributed by atoms with Crippen molar-refractivity contribution in [2.45, 2.75) is 66.3 Å². The van der Waals surface area contributed by atoms with Gasteiger partial charge in [0.05, 0.1) is 0 Å². The van der Waals surface area contributed by atoms with Crippen LogP contribution in [0.15, 0.2) is 30.4 Å². The summed E-state index contributed by atoms with van der Waals surface area (Å²) in [6.07, 6.45) is 4.99. The molecular formula is C19H31N. The average molecular weight is 273 g/mol. The molecule has 112 valence electrons. The molecule has 0 amide bonds. The molecule has 1 aromatic carbocycles. The second kappa shape index (κ2) is 8.14. The minimum absolute atomic E-state index is 0.629. The van der Waals surface area contributed by atoms with E-state index in [0.29, 0.717) is 6.04 Å². The maximum Gasteiger partial charge on any atom is 0.0386 e. The van der Waals surface area contributed by atoms with Crippen LogP contribution in [0.5, 0.6) is 0 Å². The number of anilines is 1. The second-order valence-corrected chi connectivity index (χ2v) is 6.08. The van der Waals surface area contributed by atoms with Crippen molar-refractivity contribution < 1.29 is 0 Å². The summed E-state index contributed by atoms with van der Waals surface area (Å²) in [4.78, 5) is 2.56. The van der Waals surface area contributed by atoms with Crippen LogP contribution in [0.1, 0.15) is 57.6 Å². The SMILES string of the molecule is C=C(C)CN(c1ccc(C)c(C)c1)C(CCC)CCC. The predicted octanol–water partition coefficient (Wildman–Crippen LogP) is 5.65. The molecule has 0 fully saturated rings. The maximum absolute atomic E-state index is 4.12. The lowest BCUT2D eigenvalue weighted by Crippen LogP contribution is -2.36. The van der Waals surface area contributed by atoms with E-state index in [1.54, 1.807) is 0 Å². The van der Waals surface area contributed by atoms with E-state index in [9.17, 15) is 0 Å². The lowest BCUT2D eigenvalue weighted by molar-refractivity contribution is 0.513. The monoisotopic (exact) mass is 273 g/mol. The zero-order valence-electron chi connectivity index (χ0n) is 14.0. The largest absolute Gasteiger partial charge is 0.365 e. The Labute approximate surface area is 125 Å². The Kier molecular flexibility index (Phi) is 6.84. The molecular weight excluding hydrogens is 242 g/mol. The van der Waals surface area contributed by atoms with Crippen LogP contribution in [-0.4, -0.2) is 12.6 Å². The van der Waals surface area contributed by atoms with E-state index in [1.807, 2.05) is 0 Å². The Balaban J connectivity index is 3.07. The van der Waals surface area contributed by atoms with Gasteiger partial charge < -0.3 is 4.90 Å². The van der Waals surface area contributed by atoms with Crippen LogP contribution in [0, 0.1) is 13.8 Å². The van der Waals surface area contributed by atoms with Crippen LogP contribution >= 0.6 is 0 Å². The Morgan fingerprint density at radius 3 is 2.15 bits per heavy atom. The van der Waals surface area contributed by atoms with Gasteiger partial charge in [0, 0.05) is 18.3 Å². The first-order valence-electron chi connectivity index (χ1n) is 7.97. The zero-order chi connectivity index (χ0) is 15.1. The summed E-state index contributed by atoms with van der Waals surface area (Å²) >= 11 is 0. The highest BCUT2D eigenvalue weighted by Crippen LogP contribution is 2.25. The molecule has 0 aliphatic rings. The third kappa shape index (κ3) is 4.70. The Hall–Kier alpha value is -1.24. The van der Waals surface area contributed by atoms with Crippen LogP contribution < -0.4 is 4.90 Å². The lowest BCUT2D eigenvalue weighted by Gasteiger charge is -2.34. The van der Waals surface area contributed by atoms with Gasteiger partial charge in [-0.3, -0.25) is 0 Å². The fourth-order valence-corrected chi connectivity index (χ4v) is 2.75. The van der Waals surface area contributed by atoms with E-state index in [0.717, 1.165) is 6.54 Å². The third-order valence-corrected chi connectivity index (χ3v) is 3.95. The topological polar surface area (TPSA) is 3.24 Å². The fraction of sp³-hybridized carbons (Fsp3) is 0.579. The van der Waals surface area contributed by atoms with Crippen LogP contribution in [-0.2, 0) is 0 Å². The third-order valence-electron chi connectivity index (χ3n) is 3.95. The van der Waals surface area contributed by atoms with Gasteiger partial charge in [-0.1, -0.05) is 44.9 Å². The Morgan fingerprint density at radius 2 is 1.70 bits per heavy atom. The van der Waals surface area contributed by atoms with E-state index in [1.165, 1.54) is 48.1 Å². The summed E-state index contributed by atoms with van der Waals surface area (Å²) in [6.45, 7) is 16.2. The summed E-state index contributed by atoms with van der Waals surface area (Å²) in [7, 11) is 0. The first kappa shape index (κ1) is 16.8. The smallest absolute Gasteiger partial charge is 0.0386 e. The van der Waals surface area contributed by atoms with Crippen molar-refractivity contribution in [3.05, 3.63) is 41.5 Å². The highest BCUT2D eigenvalue weighted by atomic mass is 15.2. The van der Waals surface area contributed by atoms with E-state index < -0.39 is 0 Å². The van der Waals surface area contributed by atoms with Crippen molar-refractivity contribution in [3.8, 4) is 0 Å². The van der Waals surface area contributed by atoms with Gasteiger partial charge in [-0.25, -0.2) is 0 Å². The van der Waals surface area contributed by atoms with Crippen molar-refractivity contribution >= 4 is 5.69 Å². The van der Waals surface area contributed by atoms with Crippen LogP contribution in [0.25, 0.3) is 0 Å². The van der Waals surface area contributed by atoms with Crippen LogP contribution in [0.4, 0.5) is 5.69 Å². The van der Waals surface area contributed by atoms with Gasteiger partial charge in [-0.05, 0) is 56.9 Å².